The summed E-state index contributed by atoms with van der Waals surface area (Å²) in [5.74, 6) is -0.887. The molecule has 2 N–H and O–H groups in total. The lowest BCUT2D eigenvalue weighted by Gasteiger charge is -2.14. The number of phenols is 1. The molecule has 2 aromatic rings. The summed E-state index contributed by atoms with van der Waals surface area (Å²) in [7, 11) is 0. The first-order valence-corrected chi connectivity index (χ1v) is 7.29. The van der Waals surface area contributed by atoms with Crippen LogP contribution in [0.5, 0.6) is 5.75 Å². The fourth-order valence-electron chi connectivity index (χ4n) is 2.00. The van der Waals surface area contributed by atoms with E-state index in [2.05, 4.69) is 40.3 Å². The molecule has 1 atom stereocenters. The number of benzene rings is 2. The van der Waals surface area contributed by atoms with Crippen LogP contribution < -0.4 is 5.32 Å². The van der Waals surface area contributed by atoms with Gasteiger partial charge in [0.2, 0.25) is 0 Å². The maximum atomic E-state index is 13.2. The third kappa shape index (κ3) is 4.32. The Morgan fingerprint density at radius 1 is 1.15 bits per heavy atom. The molecule has 2 aromatic carbocycles. The molecule has 0 heterocycles. The number of hydrogen-bond acceptors (Lipinski definition) is 2. The SMILES string of the molecule is CC(Cc1ccc(Br)cc1)NCc1ccc(O)c(F)c1. The van der Waals surface area contributed by atoms with E-state index in [4.69, 9.17) is 5.11 Å². The van der Waals surface area contributed by atoms with Crippen molar-refractivity contribution in [2.75, 3.05) is 0 Å². The highest BCUT2D eigenvalue weighted by Crippen LogP contribution is 2.16. The van der Waals surface area contributed by atoms with Crippen molar-refractivity contribution in [1.82, 2.24) is 5.32 Å². The van der Waals surface area contributed by atoms with E-state index in [-0.39, 0.29) is 11.8 Å². The van der Waals surface area contributed by atoms with Crippen LogP contribution in [0.3, 0.4) is 0 Å². The summed E-state index contributed by atoms with van der Waals surface area (Å²) < 4.78 is 14.3. The zero-order chi connectivity index (χ0) is 14.5. The second-order valence-electron chi connectivity index (χ2n) is 4.90. The van der Waals surface area contributed by atoms with Crippen molar-refractivity contribution in [1.29, 1.82) is 0 Å². The molecule has 1 unspecified atom stereocenters. The van der Waals surface area contributed by atoms with Gasteiger partial charge in [0.15, 0.2) is 11.6 Å². The molecule has 0 aliphatic heterocycles. The molecule has 0 aliphatic carbocycles. The zero-order valence-electron chi connectivity index (χ0n) is 11.2. The molecule has 0 spiro atoms. The van der Waals surface area contributed by atoms with Gasteiger partial charge in [0.25, 0.3) is 0 Å². The van der Waals surface area contributed by atoms with Crippen LogP contribution in [0.15, 0.2) is 46.9 Å². The highest BCUT2D eigenvalue weighted by molar-refractivity contribution is 9.10. The van der Waals surface area contributed by atoms with Gasteiger partial charge in [-0.15, -0.1) is 0 Å². The number of halogens is 2. The summed E-state index contributed by atoms with van der Waals surface area (Å²) in [4.78, 5) is 0. The van der Waals surface area contributed by atoms with Gasteiger partial charge in [-0.25, -0.2) is 4.39 Å². The smallest absolute Gasteiger partial charge is 0.165 e. The molecular formula is C16H17BrFNO. The number of hydrogen-bond donors (Lipinski definition) is 2. The topological polar surface area (TPSA) is 32.3 Å². The lowest BCUT2D eigenvalue weighted by atomic mass is 10.1. The number of aromatic hydroxyl groups is 1. The fourth-order valence-corrected chi connectivity index (χ4v) is 2.26. The quantitative estimate of drug-likeness (QED) is 0.863. The van der Waals surface area contributed by atoms with Crippen molar-refractivity contribution in [2.24, 2.45) is 0 Å². The van der Waals surface area contributed by atoms with E-state index in [1.807, 2.05) is 12.1 Å². The summed E-state index contributed by atoms with van der Waals surface area (Å²) in [6.07, 6.45) is 0.911. The molecule has 0 saturated heterocycles. The van der Waals surface area contributed by atoms with Crippen LogP contribution >= 0.6 is 15.9 Å². The van der Waals surface area contributed by atoms with Crippen molar-refractivity contribution in [2.45, 2.75) is 25.9 Å². The molecule has 0 amide bonds. The summed E-state index contributed by atoms with van der Waals surface area (Å²) >= 11 is 3.41. The molecule has 0 fully saturated rings. The highest BCUT2D eigenvalue weighted by Gasteiger charge is 2.05. The molecule has 20 heavy (non-hydrogen) atoms. The van der Waals surface area contributed by atoms with E-state index in [0.29, 0.717) is 6.54 Å². The summed E-state index contributed by atoms with van der Waals surface area (Å²) in [6, 6.07) is 13.0. The Morgan fingerprint density at radius 3 is 2.45 bits per heavy atom. The van der Waals surface area contributed by atoms with Gasteiger partial charge in [-0.3, -0.25) is 0 Å². The Labute approximate surface area is 126 Å². The Kier molecular flexibility index (Phi) is 5.15. The van der Waals surface area contributed by atoms with Crippen LogP contribution in [0.25, 0.3) is 0 Å². The van der Waals surface area contributed by atoms with Crippen molar-refractivity contribution < 1.29 is 9.50 Å². The van der Waals surface area contributed by atoms with Gasteiger partial charge < -0.3 is 10.4 Å². The summed E-state index contributed by atoms with van der Waals surface area (Å²) in [5, 5.41) is 12.5. The Balaban J connectivity index is 1.86. The Morgan fingerprint density at radius 2 is 1.80 bits per heavy atom. The minimum atomic E-state index is -0.579. The zero-order valence-corrected chi connectivity index (χ0v) is 12.8. The lowest BCUT2D eigenvalue weighted by molar-refractivity contribution is 0.431. The lowest BCUT2D eigenvalue weighted by Crippen LogP contribution is -2.27. The van der Waals surface area contributed by atoms with Crippen LogP contribution in [0.2, 0.25) is 0 Å². The van der Waals surface area contributed by atoms with Crippen LogP contribution in [-0.2, 0) is 13.0 Å². The number of nitrogens with one attached hydrogen (secondary N) is 1. The van der Waals surface area contributed by atoms with Crippen LogP contribution in [0.4, 0.5) is 4.39 Å². The van der Waals surface area contributed by atoms with Gasteiger partial charge in [0.1, 0.15) is 0 Å². The van der Waals surface area contributed by atoms with Crippen LogP contribution in [-0.4, -0.2) is 11.1 Å². The van der Waals surface area contributed by atoms with Gasteiger partial charge in [-0.2, -0.15) is 0 Å². The first kappa shape index (κ1) is 15.0. The molecule has 0 aromatic heterocycles. The van der Waals surface area contributed by atoms with Crippen molar-refractivity contribution >= 4 is 15.9 Å². The minimum absolute atomic E-state index is 0.285. The van der Waals surface area contributed by atoms with Crippen LogP contribution in [0, 0.1) is 5.82 Å². The average molecular weight is 338 g/mol. The van der Waals surface area contributed by atoms with Gasteiger partial charge in [0.05, 0.1) is 0 Å². The molecule has 106 valence electrons. The first-order valence-electron chi connectivity index (χ1n) is 6.50. The van der Waals surface area contributed by atoms with Crippen molar-refractivity contribution in [3.8, 4) is 5.75 Å². The Hall–Kier alpha value is -1.39. The number of rotatable bonds is 5. The summed E-state index contributed by atoms with van der Waals surface area (Å²) in [6.45, 7) is 2.67. The highest BCUT2D eigenvalue weighted by atomic mass is 79.9. The van der Waals surface area contributed by atoms with Gasteiger partial charge in [0, 0.05) is 17.1 Å². The first-order chi connectivity index (χ1) is 9.54. The standard InChI is InChI=1S/C16H17BrFNO/c1-11(8-12-2-5-14(17)6-3-12)19-10-13-4-7-16(20)15(18)9-13/h2-7,9,11,19-20H,8,10H2,1H3. The third-order valence-corrected chi connectivity index (χ3v) is 3.65. The minimum Gasteiger partial charge on any atom is -0.505 e. The monoisotopic (exact) mass is 337 g/mol. The maximum absolute atomic E-state index is 13.2. The molecule has 2 nitrogen and oxygen atoms in total. The molecular weight excluding hydrogens is 321 g/mol. The van der Waals surface area contributed by atoms with E-state index in [1.165, 1.54) is 17.7 Å². The summed E-state index contributed by atoms with van der Waals surface area (Å²) in [5.41, 5.74) is 2.08. The number of phenolic OH excluding ortho intramolecular Hbond substituents is 1. The molecule has 0 saturated carbocycles. The second-order valence-corrected chi connectivity index (χ2v) is 5.81. The van der Waals surface area contributed by atoms with E-state index in [1.54, 1.807) is 6.07 Å². The van der Waals surface area contributed by atoms with Gasteiger partial charge in [-0.05, 0) is 48.7 Å². The molecule has 2 rings (SSSR count). The molecule has 0 aliphatic rings. The average Bonchev–Trinajstić information content (AvgIpc) is 2.43. The molecule has 4 heteroatoms. The van der Waals surface area contributed by atoms with Crippen LogP contribution in [0.1, 0.15) is 18.1 Å². The van der Waals surface area contributed by atoms with E-state index in [9.17, 15) is 4.39 Å². The van der Waals surface area contributed by atoms with Gasteiger partial charge in [-0.1, -0.05) is 34.1 Å². The second kappa shape index (κ2) is 6.86. The van der Waals surface area contributed by atoms with Gasteiger partial charge >= 0.3 is 0 Å². The van der Waals surface area contributed by atoms with E-state index >= 15 is 0 Å². The third-order valence-electron chi connectivity index (χ3n) is 3.12. The fraction of sp³-hybridized carbons (Fsp3) is 0.250. The molecule has 0 bridgehead atoms. The largest absolute Gasteiger partial charge is 0.505 e. The van der Waals surface area contributed by atoms with E-state index in [0.717, 1.165) is 16.5 Å². The maximum Gasteiger partial charge on any atom is 0.165 e. The molecule has 0 radical (unpaired) electrons. The van der Waals surface area contributed by atoms with E-state index < -0.39 is 5.82 Å². The van der Waals surface area contributed by atoms with Crippen molar-refractivity contribution in [3.63, 3.8) is 0 Å². The van der Waals surface area contributed by atoms with Crippen molar-refractivity contribution in [3.05, 3.63) is 63.9 Å². The predicted molar refractivity (Wildman–Crippen MR) is 82.2 cm³/mol. The predicted octanol–water partition coefficient (Wildman–Crippen LogP) is 4.01. The normalized spacial score (nSPS) is 12.3. The Bertz CT molecular complexity index is 571.